The van der Waals surface area contributed by atoms with E-state index in [1.165, 1.54) is 0 Å². The molecule has 6 heteroatoms. The fourth-order valence-corrected chi connectivity index (χ4v) is 3.63. The highest BCUT2D eigenvalue weighted by Gasteiger charge is 2.36. The van der Waals surface area contributed by atoms with E-state index in [9.17, 15) is 18.7 Å². The molecule has 1 saturated carbocycles. The van der Waals surface area contributed by atoms with Gasteiger partial charge in [0.15, 0.2) is 0 Å². The third kappa shape index (κ3) is 2.68. The maximum atomic E-state index is 14.5. The second-order valence-corrected chi connectivity index (χ2v) is 6.97. The molecule has 0 atom stereocenters. The number of aliphatic carboxylic acids is 1. The van der Waals surface area contributed by atoms with Crippen molar-refractivity contribution >= 4 is 17.2 Å². The van der Waals surface area contributed by atoms with Crippen LogP contribution in [0.2, 0.25) is 0 Å². The quantitative estimate of drug-likeness (QED) is 0.779. The second-order valence-electron chi connectivity index (χ2n) is 6.97. The van der Waals surface area contributed by atoms with Crippen LogP contribution in [-0.2, 0) is 4.79 Å². The lowest BCUT2D eigenvalue weighted by molar-refractivity contribution is -0.132. The Labute approximate surface area is 155 Å². The summed E-state index contributed by atoms with van der Waals surface area (Å²) in [5.41, 5.74) is 8.79. The largest absolute Gasteiger partial charge is 0.478 e. The highest BCUT2D eigenvalue weighted by molar-refractivity contribution is 5.94. The number of carboxylic acids is 1. The Kier molecular flexibility index (Phi) is 3.80. The Morgan fingerprint density at radius 3 is 2.63 bits per heavy atom. The van der Waals surface area contributed by atoms with Crippen molar-refractivity contribution in [3.05, 3.63) is 82.4 Å². The Morgan fingerprint density at radius 1 is 1.30 bits per heavy atom. The van der Waals surface area contributed by atoms with Crippen LogP contribution in [0, 0.1) is 17.6 Å². The van der Waals surface area contributed by atoms with Crippen LogP contribution in [-0.4, -0.2) is 16.0 Å². The van der Waals surface area contributed by atoms with Crippen molar-refractivity contribution in [3.8, 4) is 0 Å². The van der Waals surface area contributed by atoms with Crippen molar-refractivity contribution in [2.24, 2.45) is 5.92 Å². The zero-order chi connectivity index (χ0) is 19.5. The fourth-order valence-electron chi connectivity index (χ4n) is 3.63. The predicted octanol–water partition coefficient (Wildman–Crippen LogP) is 4.35. The van der Waals surface area contributed by atoms with Gasteiger partial charge in [-0.2, -0.15) is 0 Å². The SMILES string of the molecule is C=C1C(C(=O)O)=CC(C2CC2)=C2C(C)=C(c3cc(F)c(N)cc3F)C=CN12. The van der Waals surface area contributed by atoms with Gasteiger partial charge in [0.05, 0.1) is 22.7 Å². The monoisotopic (exact) mass is 368 g/mol. The van der Waals surface area contributed by atoms with E-state index in [-0.39, 0.29) is 22.7 Å². The Hall–Kier alpha value is -3.15. The third-order valence-corrected chi connectivity index (χ3v) is 5.19. The molecule has 2 aliphatic heterocycles. The summed E-state index contributed by atoms with van der Waals surface area (Å²) in [7, 11) is 0. The summed E-state index contributed by atoms with van der Waals surface area (Å²) in [5.74, 6) is -2.06. The second kappa shape index (κ2) is 5.94. The zero-order valence-electron chi connectivity index (χ0n) is 14.7. The first-order chi connectivity index (χ1) is 12.8. The number of benzene rings is 1. The number of nitrogen functional groups attached to an aromatic ring is 1. The van der Waals surface area contributed by atoms with Gasteiger partial charge in [0.25, 0.3) is 0 Å². The van der Waals surface area contributed by atoms with Gasteiger partial charge in [0.2, 0.25) is 0 Å². The standard InChI is InChI=1S/C21H18F2N2O2/c1-10-13(16-8-18(23)19(24)9-17(16)22)5-6-25-11(2)14(21(26)27)7-15(20(10)25)12-3-4-12/h5-9,12H,2-4,24H2,1H3,(H,26,27). The highest BCUT2D eigenvalue weighted by atomic mass is 19.1. The van der Waals surface area contributed by atoms with E-state index in [1.807, 2.05) is 6.92 Å². The minimum absolute atomic E-state index is 0.122. The third-order valence-electron chi connectivity index (χ3n) is 5.19. The van der Waals surface area contributed by atoms with E-state index in [0.29, 0.717) is 11.3 Å². The van der Waals surface area contributed by atoms with Gasteiger partial charge < -0.3 is 15.7 Å². The Balaban J connectivity index is 1.94. The number of anilines is 1. The van der Waals surface area contributed by atoms with Gasteiger partial charge in [-0.05, 0) is 60.6 Å². The van der Waals surface area contributed by atoms with E-state index in [1.54, 1.807) is 23.3 Å². The first kappa shape index (κ1) is 17.3. The van der Waals surface area contributed by atoms with Crippen molar-refractivity contribution in [1.82, 2.24) is 4.90 Å². The van der Waals surface area contributed by atoms with Crippen LogP contribution in [0.5, 0.6) is 0 Å². The average molecular weight is 368 g/mol. The van der Waals surface area contributed by atoms with E-state index < -0.39 is 17.6 Å². The van der Waals surface area contributed by atoms with Crippen LogP contribution < -0.4 is 5.73 Å². The molecule has 0 bridgehead atoms. The summed E-state index contributed by atoms with van der Waals surface area (Å²) in [5, 5.41) is 9.49. The molecular formula is C21H18F2N2O2. The maximum Gasteiger partial charge on any atom is 0.337 e. The molecule has 3 aliphatic rings. The molecule has 27 heavy (non-hydrogen) atoms. The summed E-state index contributed by atoms with van der Waals surface area (Å²) in [6, 6.07) is 2.07. The summed E-state index contributed by atoms with van der Waals surface area (Å²) in [6.07, 6.45) is 6.91. The average Bonchev–Trinajstić information content (AvgIpc) is 3.44. The van der Waals surface area contributed by atoms with Crippen molar-refractivity contribution in [1.29, 1.82) is 0 Å². The molecule has 2 heterocycles. The van der Waals surface area contributed by atoms with Gasteiger partial charge in [-0.1, -0.05) is 6.58 Å². The lowest BCUT2D eigenvalue weighted by Gasteiger charge is -2.36. The number of fused-ring (bicyclic) bond motifs is 1. The molecule has 0 aromatic heterocycles. The topological polar surface area (TPSA) is 66.6 Å². The number of rotatable bonds is 3. The van der Waals surface area contributed by atoms with E-state index in [4.69, 9.17) is 5.73 Å². The zero-order valence-corrected chi connectivity index (χ0v) is 14.7. The van der Waals surface area contributed by atoms with Crippen molar-refractivity contribution in [2.45, 2.75) is 19.8 Å². The molecule has 1 aliphatic carbocycles. The smallest absolute Gasteiger partial charge is 0.337 e. The lowest BCUT2D eigenvalue weighted by Crippen LogP contribution is -2.28. The Morgan fingerprint density at radius 2 is 2.00 bits per heavy atom. The van der Waals surface area contributed by atoms with Gasteiger partial charge in [-0.15, -0.1) is 0 Å². The van der Waals surface area contributed by atoms with Crippen molar-refractivity contribution < 1.29 is 18.7 Å². The van der Waals surface area contributed by atoms with Gasteiger partial charge in [0, 0.05) is 17.8 Å². The number of nitrogens with zero attached hydrogens (tertiary/aromatic N) is 1. The van der Waals surface area contributed by atoms with Crippen molar-refractivity contribution in [3.63, 3.8) is 0 Å². The van der Waals surface area contributed by atoms with Crippen LogP contribution in [0.3, 0.4) is 0 Å². The lowest BCUT2D eigenvalue weighted by atomic mass is 9.88. The molecular weight excluding hydrogens is 350 g/mol. The molecule has 4 nitrogen and oxygen atoms in total. The summed E-state index contributed by atoms with van der Waals surface area (Å²) < 4.78 is 28.4. The molecule has 1 fully saturated rings. The van der Waals surface area contributed by atoms with Gasteiger partial charge >= 0.3 is 5.97 Å². The molecule has 0 radical (unpaired) electrons. The normalized spacial score (nSPS) is 19.4. The molecule has 0 spiro atoms. The summed E-state index contributed by atoms with van der Waals surface area (Å²) >= 11 is 0. The van der Waals surface area contributed by atoms with Gasteiger partial charge in [-0.25, -0.2) is 13.6 Å². The van der Waals surface area contributed by atoms with Gasteiger partial charge in [-0.3, -0.25) is 0 Å². The molecule has 1 aromatic carbocycles. The van der Waals surface area contributed by atoms with Gasteiger partial charge in [0.1, 0.15) is 11.6 Å². The number of hydrogen-bond acceptors (Lipinski definition) is 3. The molecule has 4 rings (SSSR count). The predicted molar refractivity (Wildman–Crippen MR) is 99.0 cm³/mol. The molecule has 0 unspecified atom stereocenters. The number of allylic oxidation sites excluding steroid dienone is 5. The molecule has 0 amide bonds. The summed E-state index contributed by atoms with van der Waals surface area (Å²) in [6.45, 7) is 5.73. The van der Waals surface area contributed by atoms with Crippen LogP contribution in [0.4, 0.5) is 14.5 Å². The van der Waals surface area contributed by atoms with Crippen LogP contribution in [0.1, 0.15) is 25.3 Å². The summed E-state index contributed by atoms with van der Waals surface area (Å²) in [4.78, 5) is 13.3. The number of carbonyl (C=O) groups is 1. The maximum absolute atomic E-state index is 14.5. The van der Waals surface area contributed by atoms with E-state index in [0.717, 1.165) is 41.8 Å². The van der Waals surface area contributed by atoms with E-state index >= 15 is 0 Å². The molecule has 1 aromatic rings. The van der Waals surface area contributed by atoms with Crippen LogP contribution in [0.25, 0.3) is 5.57 Å². The number of carboxylic acid groups (broad SMARTS) is 1. The van der Waals surface area contributed by atoms with Crippen LogP contribution >= 0.6 is 0 Å². The molecule has 3 N–H and O–H groups in total. The fraction of sp³-hybridized carbons (Fsp3) is 0.190. The number of hydrogen-bond donors (Lipinski definition) is 2. The minimum atomic E-state index is -1.04. The minimum Gasteiger partial charge on any atom is -0.478 e. The van der Waals surface area contributed by atoms with E-state index in [2.05, 4.69) is 6.58 Å². The Bertz CT molecular complexity index is 1030. The molecule has 138 valence electrons. The number of halogens is 2. The number of nitrogens with two attached hydrogens (primary N) is 1. The van der Waals surface area contributed by atoms with Crippen LogP contribution in [0.15, 0.2) is 65.2 Å². The first-order valence-electron chi connectivity index (χ1n) is 8.61. The molecule has 0 saturated heterocycles. The first-order valence-corrected chi connectivity index (χ1v) is 8.61. The van der Waals surface area contributed by atoms with Crippen molar-refractivity contribution in [2.75, 3.05) is 5.73 Å². The highest BCUT2D eigenvalue weighted by Crippen LogP contribution is 2.47.